The molecule has 62 heavy (non-hydrogen) atoms. The average molecular weight is 792 g/mol. The van der Waals surface area contributed by atoms with E-state index in [4.69, 9.17) is 9.47 Å². The Labute approximate surface area is 360 Å². The summed E-state index contributed by atoms with van der Waals surface area (Å²) in [4.78, 5) is 2.30. The monoisotopic (exact) mass is 791 g/mol. The SMILES string of the molecule is c1ccc(-c2ccc(-c3ccc(N(c4ccc5c(c4)Oc4cc6c(cc4O5)-c4ccccc4C64c5ccccc5-c5ccccc54)c4ccc5ccccc5c4)cc3)cc2)cc1. The number of anilines is 3. The molecule has 10 aromatic carbocycles. The topological polar surface area (TPSA) is 21.7 Å². The second-order valence-electron chi connectivity index (χ2n) is 16.4. The van der Waals surface area contributed by atoms with E-state index in [9.17, 15) is 0 Å². The Bertz CT molecular complexity index is 3360. The molecule has 290 valence electrons. The van der Waals surface area contributed by atoms with Gasteiger partial charge >= 0.3 is 0 Å². The van der Waals surface area contributed by atoms with E-state index in [0.29, 0.717) is 23.0 Å². The molecule has 1 aliphatic heterocycles. The van der Waals surface area contributed by atoms with Gasteiger partial charge in [-0.05, 0) is 126 Å². The highest BCUT2D eigenvalue weighted by molar-refractivity contribution is 5.96. The molecule has 0 amide bonds. The van der Waals surface area contributed by atoms with E-state index in [0.717, 1.165) is 22.6 Å². The van der Waals surface area contributed by atoms with Gasteiger partial charge in [-0.25, -0.2) is 0 Å². The van der Waals surface area contributed by atoms with Crippen molar-refractivity contribution in [1.29, 1.82) is 0 Å². The molecule has 1 spiro atoms. The van der Waals surface area contributed by atoms with Gasteiger partial charge in [0.2, 0.25) is 0 Å². The van der Waals surface area contributed by atoms with Crippen molar-refractivity contribution in [2.75, 3.05) is 4.90 Å². The fraction of sp³-hybridized carbons (Fsp3) is 0.0169. The molecule has 0 unspecified atom stereocenters. The van der Waals surface area contributed by atoms with Crippen molar-refractivity contribution in [3.63, 3.8) is 0 Å². The molecule has 0 bridgehead atoms. The summed E-state index contributed by atoms with van der Waals surface area (Å²) in [5.41, 5.74) is 17.4. The zero-order valence-corrected chi connectivity index (χ0v) is 33.6. The predicted molar refractivity (Wildman–Crippen MR) is 252 cm³/mol. The standard InChI is InChI=1S/C59H37NO2/c1-2-12-38(13-3-1)40-22-24-41(25-23-40)42-26-29-44(30-27-42)60(45-31-28-39-14-4-5-15-43(39)34-45)46-32-33-55-56(35-46)62-58-37-54-50(36-57(58)61-55)49-18-8-11-21-53(49)59(54)51-19-9-6-16-47(51)48-17-7-10-20-52(48)59/h1-37H. The fourth-order valence-corrected chi connectivity index (χ4v) is 10.3. The van der Waals surface area contributed by atoms with Crippen LogP contribution in [0.2, 0.25) is 0 Å². The highest BCUT2D eigenvalue weighted by atomic mass is 16.6. The third-order valence-electron chi connectivity index (χ3n) is 13.1. The normalized spacial score (nSPS) is 13.2. The summed E-state index contributed by atoms with van der Waals surface area (Å²) in [6, 6.07) is 80.6. The van der Waals surface area contributed by atoms with Crippen LogP contribution < -0.4 is 14.4 Å². The van der Waals surface area contributed by atoms with Crippen molar-refractivity contribution in [3.8, 4) is 67.5 Å². The van der Waals surface area contributed by atoms with Crippen LogP contribution in [0.5, 0.6) is 23.0 Å². The van der Waals surface area contributed by atoms with Gasteiger partial charge in [0.15, 0.2) is 23.0 Å². The Morgan fingerprint density at radius 3 is 1.39 bits per heavy atom. The van der Waals surface area contributed by atoms with E-state index in [1.807, 2.05) is 6.07 Å². The maximum absolute atomic E-state index is 6.98. The van der Waals surface area contributed by atoms with Crippen LogP contribution in [-0.4, -0.2) is 0 Å². The lowest BCUT2D eigenvalue weighted by molar-refractivity contribution is 0.359. The van der Waals surface area contributed by atoms with Crippen molar-refractivity contribution in [2.24, 2.45) is 0 Å². The van der Waals surface area contributed by atoms with Gasteiger partial charge in [0.25, 0.3) is 0 Å². The van der Waals surface area contributed by atoms with E-state index in [2.05, 4.69) is 223 Å². The van der Waals surface area contributed by atoms with Crippen LogP contribution in [0.3, 0.4) is 0 Å². The minimum Gasteiger partial charge on any atom is -0.449 e. The van der Waals surface area contributed by atoms with Gasteiger partial charge in [-0.1, -0.05) is 170 Å². The number of hydrogen-bond acceptors (Lipinski definition) is 3. The molecule has 2 aliphatic carbocycles. The largest absolute Gasteiger partial charge is 0.449 e. The Morgan fingerprint density at radius 2 is 0.726 bits per heavy atom. The van der Waals surface area contributed by atoms with Crippen molar-refractivity contribution < 1.29 is 9.47 Å². The number of fused-ring (bicyclic) bond motifs is 13. The molecule has 0 saturated carbocycles. The maximum Gasteiger partial charge on any atom is 0.172 e. The molecule has 0 radical (unpaired) electrons. The van der Waals surface area contributed by atoms with Crippen LogP contribution in [0.25, 0.3) is 55.3 Å². The second kappa shape index (κ2) is 13.4. The summed E-state index contributed by atoms with van der Waals surface area (Å²) in [7, 11) is 0. The smallest absolute Gasteiger partial charge is 0.172 e. The molecule has 1 heterocycles. The minimum absolute atomic E-state index is 0.470. The highest BCUT2D eigenvalue weighted by Crippen LogP contribution is 2.64. The molecule has 13 rings (SSSR count). The molecule has 3 heteroatoms. The third-order valence-corrected chi connectivity index (χ3v) is 13.1. The van der Waals surface area contributed by atoms with Gasteiger partial charge in [0, 0.05) is 17.4 Å². The van der Waals surface area contributed by atoms with Gasteiger partial charge in [0.1, 0.15) is 0 Å². The summed E-state index contributed by atoms with van der Waals surface area (Å²) in [6.07, 6.45) is 0. The Balaban J connectivity index is 0.904. The third kappa shape index (κ3) is 5.12. The van der Waals surface area contributed by atoms with Crippen LogP contribution in [0.15, 0.2) is 224 Å². The Kier molecular flexibility index (Phi) is 7.52. The summed E-state index contributed by atoms with van der Waals surface area (Å²) in [5, 5.41) is 2.37. The van der Waals surface area contributed by atoms with Gasteiger partial charge in [-0.2, -0.15) is 0 Å². The van der Waals surface area contributed by atoms with Crippen molar-refractivity contribution in [1.82, 2.24) is 0 Å². The summed E-state index contributed by atoms with van der Waals surface area (Å²) in [6.45, 7) is 0. The molecular formula is C59H37NO2. The van der Waals surface area contributed by atoms with Crippen molar-refractivity contribution >= 4 is 27.8 Å². The lowest BCUT2D eigenvalue weighted by atomic mass is 9.70. The fourth-order valence-electron chi connectivity index (χ4n) is 10.3. The molecule has 0 aromatic heterocycles. The van der Waals surface area contributed by atoms with Gasteiger partial charge in [-0.3, -0.25) is 0 Å². The lowest BCUT2D eigenvalue weighted by Gasteiger charge is -2.31. The first-order chi connectivity index (χ1) is 30.7. The van der Waals surface area contributed by atoms with E-state index in [-0.39, 0.29) is 0 Å². The van der Waals surface area contributed by atoms with Gasteiger partial charge in [0.05, 0.1) is 11.1 Å². The molecule has 0 atom stereocenters. The molecule has 0 saturated heterocycles. The maximum atomic E-state index is 6.98. The van der Waals surface area contributed by atoms with E-state index in [1.165, 1.54) is 72.0 Å². The molecule has 0 fully saturated rings. The Hall–Kier alpha value is -8.14. The summed E-state index contributed by atoms with van der Waals surface area (Å²) in [5.74, 6) is 2.79. The molecule has 3 aliphatic rings. The number of hydrogen-bond donors (Lipinski definition) is 0. The Morgan fingerprint density at radius 1 is 0.274 bits per heavy atom. The molecule has 0 N–H and O–H groups in total. The minimum atomic E-state index is -0.470. The van der Waals surface area contributed by atoms with Crippen molar-refractivity contribution in [3.05, 3.63) is 247 Å². The number of benzene rings is 10. The van der Waals surface area contributed by atoms with E-state index in [1.54, 1.807) is 0 Å². The highest BCUT2D eigenvalue weighted by Gasteiger charge is 2.52. The number of ether oxygens (including phenoxy) is 2. The first kappa shape index (κ1) is 34.7. The van der Waals surface area contributed by atoms with Gasteiger partial charge in [-0.15, -0.1) is 0 Å². The zero-order chi connectivity index (χ0) is 40.8. The van der Waals surface area contributed by atoms with Crippen LogP contribution in [0, 0.1) is 0 Å². The molecular weight excluding hydrogens is 755 g/mol. The molecule has 3 nitrogen and oxygen atoms in total. The van der Waals surface area contributed by atoms with Crippen LogP contribution in [-0.2, 0) is 5.41 Å². The van der Waals surface area contributed by atoms with E-state index < -0.39 is 5.41 Å². The second-order valence-corrected chi connectivity index (χ2v) is 16.4. The van der Waals surface area contributed by atoms with E-state index >= 15 is 0 Å². The summed E-state index contributed by atoms with van der Waals surface area (Å²) < 4.78 is 13.7. The molecule has 10 aromatic rings. The number of nitrogens with zero attached hydrogens (tertiary/aromatic N) is 1. The first-order valence-corrected chi connectivity index (χ1v) is 21.2. The van der Waals surface area contributed by atoms with Gasteiger partial charge < -0.3 is 14.4 Å². The average Bonchev–Trinajstić information content (AvgIpc) is 3.80. The first-order valence-electron chi connectivity index (χ1n) is 21.2. The zero-order valence-electron chi connectivity index (χ0n) is 33.6. The number of rotatable bonds is 5. The van der Waals surface area contributed by atoms with Crippen LogP contribution in [0.4, 0.5) is 17.1 Å². The quantitative estimate of drug-likeness (QED) is 0.173. The summed E-state index contributed by atoms with van der Waals surface area (Å²) >= 11 is 0. The van der Waals surface area contributed by atoms with Crippen LogP contribution in [0.1, 0.15) is 22.3 Å². The van der Waals surface area contributed by atoms with Crippen molar-refractivity contribution in [2.45, 2.75) is 5.41 Å². The van der Waals surface area contributed by atoms with Crippen LogP contribution >= 0.6 is 0 Å². The lowest BCUT2D eigenvalue weighted by Crippen LogP contribution is -2.25. The predicted octanol–water partition coefficient (Wildman–Crippen LogP) is 15.9.